The maximum atomic E-state index is 12.4. The number of esters is 1. The lowest BCUT2D eigenvalue weighted by Gasteiger charge is -2.08. The minimum Gasteiger partial charge on any atom is -0.494 e. The van der Waals surface area contributed by atoms with Crippen molar-refractivity contribution in [3.63, 3.8) is 0 Å². The molecule has 39 heavy (non-hydrogen) atoms. The van der Waals surface area contributed by atoms with Crippen molar-refractivity contribution in [1.82, 2.24) is 5.43 Å². The van der Waals surface area contributed by atoms with Gasteiger partial charge in [0.05, 0.1) is 18.4 Å². The smallest absolute Gasteiger partial charge is 0.343 e. The predicted octanol–water partition coefficient (Wildman–Crippen LogP) is 6.95. The molecule has 0 unspecified atom stereocenters. The molecule has 0 radical (unpaired) electrons. The summed E-state index contributed by atoms with van der Waals surface area (Å²) in [6.45, 7) is 2.71. The Labute approximate surface area is 235 Å². The number of nitrogens with one attached hydrogen (secondary N) is 1. The van der Waals surface area contributed by atoms with Crippen LogP contribution >= 0.6 is 23.2 Å². The molecule has 0 aromatic heterocycles. The summed E-state index contributed by atoms with van der Waals surface area (Å²) in [7, 11) is 0. The van der Waals surface area contributed by atoms with Crippen molar-refractivity contribution in [3.05, 3.63) is 123 Å². The van der Waals surface area contributed by atoms with Crippen LogP contribution in [0.5, 0.6) is 17.2 Å². The van der Waals surface area contributed by atoms with Gasteiger partial charge in [0.25, 0.3) is 5.91 Å². The number of nitrogens with zero attached hydrogens (tertiary/aromatic N) is 1. The predicted molar refractivity (Wildman–Crippen MR) is 151 cm³/mol. The summed E-state index contributed by atoms with van der Waals surface area (Å²) in [5.74, 6) is 0.809. The highest BCUT2D eigenvalue weighted by Gasteiger charge is 2.09. The number of ether oxygens (including phenoxy) is 3. The number of rotatable bonds is 10. The van der Waals surface area contributed by atoms with Gasteiger partial charge in [-0.25, -0.2) is 10.2 Å². The molecule has 0 aliphatic carbocycles. The van der Waals surface area contributed by atoms with Gasteiger partial charge in [0.15, 0.2) is 0 Å². The lowest BCUT2D eigenvalue weighted by molar-refractivity contribution is 0.0734. The molecule has 198 valence electrons. The highest BCUT2D eigenvalue weighted by molar-refractivity contribution is 6.35. The van der Waals surface area contributed by atoms with Crippen molar-refractivity contribution in [2.75, 3.05) is 6.61 Å². The van der Waals surface area contributed by atoms with Crippen LogP contribution in [-0.4, -0.2) is 24.7 Å². The molecule has 0 saturated heterocycles. The van der Waals surface area contributed by atoms with Gasteiger partial charge in [0.2, 0.25) is 0 Å². The van der Waals surface area contributed by atoms with Crippen LogP contribution in [0.1, 0.15) is 38.8 Å². The first-order chi connectivity index (χ1) is 18.9. The van der Waals surface area contributed by atoms with E-state index in [1.807, 2.05) is 6.92 Å². The van der Waals surface area contributed by atoms with Crippen molar-refractivity contribution in [2.24, 2.45) is 5.10 Å². The number of halogens is 2. The zero-order valence-corrected chi connectivity index (χ0v) is 22.4. The summed E-state index contributed by atoms with van der Waals surface area (Å²) >= 11 is 12.1. The molecular weight excluding hydrogens is 539 g/mol. The summed E-state index contributed by atoms with van der Waals surface area (Å²) in [6, 6.07) is 25.3. The monoisotopic (exact) mass is 562 g/mol. The first-order valence-electron chi connectivity index (χ1n) is 12.0. The van der Waals surface area contributed by atoms with Crippen LogP contribution < -0.4 is 19.6 Å². The van der Waals surface area contributed by atoms with Gasteiger partial charge in [0, 0.05) is 21.2 Å². The molecule has 7 nitrogen and oxygen atoms in total. The second-order valence-corrected chi connectivity index (χ2v) is 9.01. The largest absolute Gasteiger partial charge is 0.494 e. The maximum absolute atomic E-state index is 12.4. The summed E-state index contributed by atoms with van der Waals surface area (Å²) in [5, 5.41) is 5.07. The topological polar surface area (TPSA) is 86.2 Å². The van der Waals surface area contributed by atoms with Crippen LogP contribution in [0.2, 0.25) is 10.0 Å². The van der Waals surface area contributed by atoms with Gasteiger partial charge in [0.1, 0.15) is 23.9 Å². The van der Waals surface area contributed by atoms with E-state index in [0.717, 1.165) is 5.56 Å². The Morgan fingerprint density at radius 1 is 0.795 bits per heavy atom. The average Bonchev–Trinajstić information content (AvgIpc) is 2.94. The summed E-state index contributed by atoms with van der Waals surface area (Å²) in [6.07, 6.45) is 1.49. The van der Waals surface area contributed by atoms with Crippen molar-refractivity contribution in [1.29, 1.82) is 0 Å². The Hall–Kier alpha value is -4.33. The quantitative estimate of drug-likeness (QED) is 0.0977. The van der Waals surface area contributed by atoms with E-state index in [0.29, 0.717) is 50.6 Å². The molecule has 4 aromatic rings. The van der Waals surface area contributed by atoms with E-state index < -0.39 is 5.97 Å². The molecule has 0 bridgehead atoms. The molecule has 0 atom stereocenters. The van der Waals surface area contributed by atoms with E-state index in [1.54, 1.807) is 91.0 Å². The Morgan fingerprint density at radius 2 is 1.41 bits per heavy atom. The molecule has 9 heteroatoms. The Bertz CT molecular complexity index is 1450. The minimum absolute atomic E-state index is 0.269. The van der Waals surface area contributed by atoms with Gasteiger partial charge < -0.3 is 14.2 Å². The molecule has 1 N–H and O–H groups in total. The van der Waals surface area contributed by atoms with Gasteiger partial charge in [-0.3, -0.25) is 4.79 Å². The molecule has 1 amide bonds. The summed E-state index contributed by atoms with van der Waals surface area (Å²) in [4.78, 5) is 24.8. The number of hydrazone groups is 1. The summed E-state index contributed by atoms with van der Waals surface area (Å²) < 4.78 is 16.5. The third-order valence-electron chi connectivity index (χ3n) is 5.40. The highest BCUT2D eigenvalue weighted by Crippen LogP contribution is 2.23. The van der Waals surface area contributed by atoms with E-state index in [-0.39, 0.29) is 12.5 Å². The number of hydrogen-bond donors (Lipinski definition) is 1. The molecule has 0 heterocycles. The van der Waals surface area contributed by atoms with E-state index in [4.69, 9.17) is 37.4 Å². The number of hydrogen-bond acceptors (Lipinski definition) is 6. The van der Waals surface area contributed by atoms with Crippen molar-refractivity contribution < 1.29 is 23.8 Å². The number of amides is 1. The molecule has 0 fully saturated rings. The Kier molecular flexibility index (Phi) is 9.56. The lowest BCUT2D eigenvalue weighted by Crippen LogP contribution is -2.17. The normalized spacial score (nSPS) is 10.7. The van der Waals surface area contributed by atoms with Crippen LogP contribution in [0.15, 0.2) is 96.1 Å². The van der Waals surface area contributed by atoms with Crippen molar-refractivity contribution in [3.8, 4) is 17.2 Å². The van der Waals surface area contributed by atoms with E-state index in [9.17, 15) is 9.59 Å². The Morgan fingerprint density at radius 3 is 2.05 bits per heavy atom. The van der Waals surface area contributed by atoms with Gasteiger partial charge in [-0.15, -0.1) is 0 Å². The molecule has 4 aromatic carbocycles. The molecular formula is C30H24Cl2N2O5. The van der Waals surface area contributed by atoms with Gasteiger partial charge >= 0.3 is 5.97 Å². The standard InChI is InChI=1S/C30H24Cl2N2O5/c1-2-37-25-15-8-22(9-16-25)30(36)39-27-11-3-20(4-12-27)18-33-34-29(35)21-6-13-26(14-7-21)38-19-23-5-10-24(31)17-28(23)32/h3-18H,2,19H2,1H3,(H,34,35)/b33-18-. The molecule has 0 aliphatic rings. The molecule has 4 rings (SSSR count). The van der Waals surface area contributed by atoms with E-state index >= 15 is 0 Å². The second kappa shape index (κ2) is 13.5. The highest BCUT2D eigenvalue weighted by atomic mass is 35.5. The zero-order valence-electron chi connectivity index (χ0n) is 20.9. The van der Waals surface area contributed by atoms with Crippen LogP contribution in [0.4, 0.5) is 0 Å². The van der Waals surface area contributed by atoms with Gasteiger partial charge in [-0.1, -0.05) is 29.3 Å². The third-order valence-corrected chi connectivity index (χ3v) is 5.98. The fraction of sp³-hybridized carbons (Fsp3) is 0.100. The van der Waals surface area contributed by atoms with Crippen LogP contribution in [-0.2, 0) is 6.61 Å². The second-order valence-electron chi connectivity index (χ2n) is 8.16. The zero-order chi connectivity index (χ0) is 27.6. The van der Waals surface area contributed by atoms with E-state index in [2.05, 4.69) is 10.5 Å². The fourth-order valence-electron chi connectivity index (χ4n) is 3.37. The fourth-order valence-corrected chi connectivity index (χ4v) is 3.84. The van der Waals surface area contributed by atoms with Gasteiger partial charge in [-0.2, -0.15) is 5.10 Å². The summed E-state index contributed by atoms with van der Waals surface area (Å²) in [5.41, 5.74) is 4.83. The van der Waals surface area contributed by atoms with Crippen LogP contribution in [0, 0.1) is 0 Å². The molecule has 0 aliphatic heterocycles. The Balaban J connectivity index is 1.25. The van der Waals surface area contributed by atoms with Crippen LogP contribution in [0.3, 0.4) is 0 Å². The number of carbonyl (C=O) groups is 2. The molecule has 0 spiro atoms. The van der Waals surface area contributed by atoms with Crippen molar-refractivity contribution >= 4 is 41.3 Å². The SMILES string of the molecule is CCOc1ccc(C(=O)Oc2ccc(/C=N\NC(=O)c3ccc(OCc4ccc(Cl)cc4Cl)cc3)cc2)cc1. The lowest BCUT2D eigenvalue weighted by atomic mass is 10.2. The van der Waals surface area contributed by atoms with Crippen molar-refractivity contribution in [2.45, 2.75) is 13.5 Å². The van der Waals surface area contributed by atoms with Crippen LogP contribution in [0.25, 0.3) is 0 Å². The first kappa shape index (κ1) is 27.7. The van der Waals surface area contributed by atoms with Gasteiger partial charge in [-0.05, 0) is 97.4 Å². The molecule has 0 saturated carbocycles. The average molecular weight is 563 g/mol. The number of benzene rings is 4. The maximum Gasteiger partial charge on any atom is 0.343 e. The van der Waals surface area contributed by atoms with E-state index in [1.165, 1.54) is 6.21 Å². The minimum atomic E-state index is -0.475. The third kappa shape index (κ3) is 8.07. The first-order valence-corrected chi connectivity index (χ1v) is 12.7. The number of carbonyl (C=O) groups excluding carboxylic acids is 2.